The first kappa shape index (κ1) is 25.9. The lowest BCUT2D eigenvalue weighted by Gasteiger charge is -2.46. The minimum atomic E-state index is -1.01. The minimum Gasteiger partial charge on any atom is -0.478 e. The third-order valence-electron chi connectivity index (χ3n) is 7.23. The summed E-state index contributed by atoms with van der Waals surface area (Å²) in [5.74, 6) is -0.634. The Hall–Kier alpha value is -3.14. The van der Waals surface area contributed by atoms with Gasteiger partial charge in [-0.2, -0.15) is 0 Å². The number of amides is 3. The quantitative estimate of drug-likeness (QED) is 0.508. The molecule has 3 saturated heterocycles. The molecule has 36 heavy (non-hydrogen) atoms. The van der Waals surface area contributed by atoms with Gasteiger partial charge in [0.05, 0.1) is 11.6 Å². The van der Waals surface area contributed by atoms with Crippen LogP contribution in [0.4, 0.5) is 10.5 Å². The van der Waals surface area contributed by atoms with Crippen molar-refractivity contribution >= 4 is 29.6 Å². The number of benzene rings is 1. The fourth-order valence-electron chi connectivity index (χ4n) is 5.17. The normalized spacial score (nSPS) is 21.7. The summed E-state index contributed by atoms with van der Waals surface area (Å²) in [7, 11) is 0. The van der Waals surface area contributed by atoms with Crippen LogP contribution in [0.25, 0.3) is 0 Å². The fourth-order valence-corrected chi connectivity index (χ4v) is 5.17. The molecule has 3 N–H and O–H groups in total. The average Bonchev–Trinajstić information content (AvgIpc) is 2.76. The lowest BCUT2D eigenvalue weighted by atomic mass is 9.79. The van der Waals surface area contributed by atoms with Crippen molar-refractivity contribution in [3.05, 3.63) is 29.3 Å². The fraction of sp³-hybridized carbons (Fsp3) is 0.615. The van der Waals surface area contributed by atoms with E-state index in [2.05, 4.69) is 15.5 Å². The van der Waals surface area contributed by atoms with Crippen molar-refractivity contribution in [2.75, 3.05) is 31.1 Å². The summed E-state index contributed by atoms with van der Waals surface area (Å²) in [5.41, 5.74) is 1.28. The van der Waals surface area contributed by atoms with Crippen LogP contribution >= 0.6 is 0 Å². The topological polar surface area (TPSA) is 128 Å². The number of rotatable bonds is 6. The van der Waals surface area contributed by atoms with E-state index in [1.165, 1.54) is 0 Å². The average molecular weight is 501 g/mol. The summed E-state index contributed by atoms with van der Waals surface area (Å²) in [6.45, 7) is 9.04. The molecule has 0 spiro atoms. The van der Waals surface area contributed by atoms with E-state index in [4.69, 9.17) is 4.74 Å². The smallest absolute Gasteiger partial charge is 0.410 e. The Bertz CT molecular complexity index is 1020. The largest absolute Gasteiger partial charge is 0.478 e. The number of imide groups is 1. The van der Waals surface area contributed by atoms with Gasteiger partial charge in [-0.1, -0.05) is 0 Å². The molecule has 0 bridgehead atoms. The van der Waals surface area contributed by atoms with E-state index in [9.17, 15) is 24.3 Å². The second kappa shape index (κ2) is 10.5. The van der Waals surface area contributed by atoms with Crippen molar-refractivity contribution in [1.82, 2.24) is 15.5 Å². The van der Waals surface area contributed by atoms with Gasteiger partial charge in [0, 0.05) is 44.8 Å². The predicted molar refractivity (Wildman–Crippen MR) is 133 cm³/mol. The Balaban J connectivity index is 1.32. The van der Waals surface area contributed by atoms with E-state index in [1.807, 2.05) is 32.9 Å². The van der Waals surface area contributed by atoms with Crippen LogP contribution in [0, 0.1) is 11.8 Å². The number of carboxylic acid groups (broad SMARTS) is 1. The standard InChI is InChI=1S/C26H36N4O6/c1-26(2,3)36-25(35)30-14-18(15-30)16-8-10-29(11-9-16)19-4-5-20(24(33)34)17(12-19)13-27-21-6-7-22(31)28-23(21)32/h4-5,12,16,18,21,27H,6-11,13-15H2,1-3H3,(H,33,34)(H,28,31,32). The van der Waals surface area contributed by atoms with Gasteiger partial charge in [-0.25, -0.2) is 9.59 Å². The van der Waals surface area contributed by atoms with Crippen molar-refractivity contribution in [2.24, 2.45) is 11.8 Å². The summed E-state index contributed by atoms with van der Waals surface area (Å²) in [6.07, 6.45) is 2.44. The Labute approximate surface area is 211 Å². The molecule has 1 atom stereocenters. The van der Waals surface area contributed by atoms with Crippen LogP contribution in [0.3, 0.4) is 0 Å². The van der Waals surface area contributed by atoms with Crippen molar-refractivity contribution in [3.63, 3.8) is 0 Å². The van der Waals surface area contributed by atoms with Gasteiger partial charge in [-0.15, -0.1) is 0 Å². The zero-order chi connectivity index (χ0) is 26.0. The minimum absolute atomic E-state index is 0.199. The maximum Gasteiger partial charge on any atom is 0.410 e. The van der Waals surface area contributed by atoms with Crippen LogP contribution < -0.4 is 15.5 Å². The van der Waals surface area contributed by atoms with E-state index in [-0.39, 0.29) is 36.4 Å². The molecule has 3 aliphatic heterocycles. The first-order valence-corrected chi connectivity index (χ1v) is 12.7. The Morgan fingerprint density at radius 1 is 1.11 bits per heavy atom. The number of carbonyl (C=O) groups is 4. The van der Waals surface area contributed by atoms with Crippen LogP contribution in [-0.4, -0.2) is 71.7 Å². The number of ether oxygens (including phenoxy) is 1. The number of hydrogen-bond donors (Lipinski definition) is 3. The molecule has 10 heteroatoms. The van der Waals surface area contributed by atoms with Crippen molar-refractivity contribution in [3.8, 4) is 0 Å². The van der Waals surface area contributed by atoms with Gasteiger partial charge in [0.15, 0.2) is 0 Å². The van der Waals surface area contributed by atoms with E-state index in [0.717, 1.165) is 44.7 Å². The summed E-state index contributed by atoms with van der Waals surface area (Å²) in [4.78, 5) is 51.4. The van der Waals surface area contributed by atoms with Crippen LogP contribution in [0.5, 0.6) is 0 Å². The molecule has 1 aromatic carbocycles. The van der Waals surface area contributed by atoms with Crippen LogP contribution in [0.15, 0.2) is 18.2 Å². The highest BCUT2D eigenvalue weighted by molar-refractivity contribution is 6.00. The lowest BCUT2D eigenvalue weighted by Crippen LogP contribution is -2.55. The molecular formula is C26H36N4O6. The molecule has 3 heterocycles. The highest BCUT2D eigenvalue weighted by atomic mass is 16.6. The second-order valence-corrected chi connectivity index (χ2v) is 11.0. The Kier molecular flexibility index (Phi) is 7.54. The second-order valence-electron chi connectivity index (χ2n) is 11.0. The number of likely N-dealkylation sites (tertiary alicyclic amines) is 1. The third-order valence-corrected chi connectivity index (χ3v) is 7.23. The number of carbonyl (C=O) groups excluding carboxylic acids is 3. The molecule has 196 valence electrons. The van der Waals surface area contributed by atoms with Crippen LogP contribution in [0.1, 0.15) is 62.4 Å². The molecule has 3 amide bonds. The number of hydrogen-bond acceptors (Lipinski definition) is 7. The summed E-state index contributed by atoms with van der Waals surface area (Å²) >= 11 is 0. The number of carboxylic acids is 1. The first-order valence-electron chi connectivity index (χ1n) is 12.7. The monoisotopic (exact) mass is 500 g/mol. The molecule has 0 aliphatic carbocycles. The van der Waals surface area contributed by atoms with Gasteiger partial charge in [0.1, 0.15) is 5.60 Å². The van der Waals surface area contributed by atoms with Crippen molar-refractivity contribution < 1.29 is 29.0 Å². The van der Waals surface area contributed by atoms with Crippen LogP contribution in [0.2, 0.25) is 0 Å². The number of aromatic carboxylic acids is 1. The zero-order valence-electron chi connectivity index (χ0n) is 21.2. The lowest BCUT2D eigenvalue weighted by molar-refractivity contribution is -0.134. The third kappa shape index (κ3) is 6.16. The molecular weight excluding hydrogens is 464 g/mol. The number of piperidine rings is 2. The van der Waals surface area contributed by atoms with Gasteiger partial charge < -0.3 is 25.0 Å². The maximum absolute atomic E-state index is 12.2. The summed E-state index contributed by atoms with van der Waals surface area (Å²) in [6, 6.07) is 4.82. The molecule has 1 unspecified atom stereocenters. The van der Waals surface area contributed by atoms with Gasteiger partial charge >= 0.3 is 12.1 Å². The molecule has 3 fully saturated rings. The number of nitrogens with one attached hydrogen (secondary N) is 2. The molecule has 0 saturated carbocycles. The molecule has 0 radical (unpaired) electrons. The van der Waals surface area contributed by atoms with Crippen molar-refractivity contribution in [1.29, 1.82) is 0 Å². The van der Waals surface area contributed by atoms with Gasteiger partial charge in [0.2, 0.25) is 11.8 Å². The predicted octanol–water partition coefficient (Wildman–Crippen LogP) is 2.36. The van der Waals surface area contributed by atoms with Crippen LogP contribution in [-0.2, 0) is 20.9 Å². The van der Waals surface area contributed by atoms with E-state index in [1.54, 1.807) is 11.0 Å². The first-order chi connectivity index (χ1) is 17.0. The van der Waals surface area contributed by atoms with Gasteiger partial charge in [-0.3, -0.25) is 14.9 Å². The maximum atomic E-state index is 12.2. The number of nitrogens with zero attached hydrogens (tertiary/aromatic N) is 2. The molecule has 0 aromatic heterocycles. The summed E-state index contributed by atoms with van der Waals surface area (Å²) in [5, 5.41) is 15.1. The Morgan fingerprint density at radius 3 is 2.42 bits per heavy atom. The molecule has 4 rings (SSSR count). The molecule has 10 nitrogen and oxygen atoms in total. The number of anilines is 1. The van der Waals surface area contributed by atoms with Gasteiger partial charge in [-0.05, 0) is 75.6 Å². The van der Waals surface area contributed by atoms with E-state index < -0.39 is 17.6 Å². The Morgan fingerprint density at radius 2 is 1.81 bits per heavy atom. The van der Waals surface area contributed by atoms with Gasteiger partial charge in [0.25, 0.3) is 0 Å². The summed E-state index contributed by atoms with van der Waals surface area (Å²) < 4.78 is 5.45. The van der Waals surface area contributed by atoms with E-state index in [0.29, 0.717) is 23.8 Å². The SMILES string of the molecule is CC(C)(C)OC(=O)N1CC(C2CCN(c3ccc(C(=O)O)c(CNC4CCC(=O)NC4=O)c3)CC2)C1. The highest BCUT2D eigenvalue weighted by Gasteiger charge is 2.39. The zero-order valence-corrected chi connectivity index (χ0v) is 21.2. The molecule has 1 aromatic rings. The van der Waals surface area contributed by atoms with E-state index >= 15 is 0 Å². The highest BCUT2D eigenvalue weighted by Crippen LogP contribution is 2.34. The molecule has 3 aliphatic rings. The van der Waals surface area contributed by atoms with Crippen molar-refractivity contribution in [2.45, 2.75) is 64.6 Å².